The Morgan fingerprint density at radius 2 is 1.51 bits per heavy atom. The van der Waals surface area contributed by atoms with Crippen LogP contribution in [0.25, 0.3) is 0 Å². The van der Waals surface area contributed by atoms with Crippen molar-refractivity contribution in [2.45, 2.75) is 62.7 Å². The lowest BCUT2D eigenvalue weighted by Gasteiger charge is -2.29. The van der Waals surface area contributed by atoms with Gasteiger partial charge in [0.2, 0.25) is 23.6 Å². The summed E-state index contributed by atoms with van der Waals surface area (Å²) in [5, 5.41) is 26.5. The first-order valence-corrected chi connectivity index (χ1v) is 14.5. The molecule has 0 saturated carbocycles. The predicted molar refractivity (Wildman–Crippen MR) is 167 cm³/mol. The number of phenolic OH excluding ortho intramolecular Hbond substituents is 1. The number of unbranched alkanes of at least 4 members (excludes halogenated alkanes) is 1. The number of rotatable bonds is 18. The second-order valence-corrected chi connectivity index (χ2v) is 10.6. The minimum absolute atomic E-state index is 0.0671. The third kappa shape index (κ3) is 12.3. The number of carboxylic acid groups (broad SMARTS) is 1. The van der Waals surface area contributed by atoms with Crippen LogP contribution >= 0.6 is 0 Å². The molecule has 0 fully saturated rings. The maximum atomic E-state index is 13.3. The number of aliphatic carboxylic acids is 1. The maximum Gasteiger partial charge on any atom is 0.326 e. The summed E-state index contributed by atoms with van der Waals surface area (Å²) >= 11 is 0. The van der Waals surface area contributed by atoms with Gasteiger partial charge in [0.25, 0.3) is 0 Å². The van der Waals surface area contributed by atoms with E-state index in [-0.39, 0.29) is 31.4 Å². The van der Waals surface area contributed by atoms with Crippen LogP contribution in [0.4, 0.5) is 0 Å². The highest BCUT2D eigenvalue weighted by Crippen LogP contribution is 2.12. The zero-order valence-electron chi connectivity index (χ0n) is 25.3. The van der Waals surface area contributed by atoms with E-state index in [0.717, 1.165) is 10.5 Å². The summed E-state index contributed by atoms with van der Waals surface area (Å²) in [6.45, 7) is -0.137. The molecular weight excluding hydrogens is 580 g/mol. The van der Waals surface area contributed by atoms with Crippen molar-refractivity contribution in [3.8, 4) is 18.1 Å². The molecule has 0 bridgehead atoms. The quantitative estimate of drug-likeness (QED) is 0.0853. The molecule has 2 aromatic rings. The molecule has 45 heavy (non-hydrogen) atoms. The molecule has 0 aromatic heterocycles. The number of phenols is 1. The summed E-state index contributed by atoms with van der Waals surface area (Å²) in [6.07, 6.45) is 6.72. The van der Waals surface area contributed by atoms with Gasteiger partial charge in [-0.1, -0.05) is 42.5 Å². The van der Waals surface area contributed by atoms with Gasteiger partial charge in [-0.3, -0.25) is 19.2 Å². The number of hydrogen-bond donors (Lipinski definition) is 7. The van der Waals surface area contributed by atoms with Gasteiger partial charge in [0.05, 0.1) is 12.6 Å². The third-order valence-electron chi connectivity index (χ3n) is 7.09. The lowest BCUT2D eigenvalue weighted by molar-refractivity contribution is -0.144. The number of benzene rings is 2. The van der Waals surface area contributed by atoms with Crippen molar-refractivity contribution >= 4 is 29.6 Å². The van der Waals surface area contributed by atoms with Crippen molar-refractivity contribution in [1.29, 1.82) is 0 Å². The molecule has 242 valence electrons. The Kier molecular flexibility index (Phi) is 15.0. The van der Waals surface area contributed by atoms with Gasteiger partial charge in [0, 0.05) is 19.9 Å². The topological polar surface area (TPSA) is 217 Å². The monoisotopic (exact) mass is 622 g/mol. The first-order chi connectivity index (χ1) is 21.5. The fourth-order valence-electron chi connectivity index (χ4n) is 4.43. The van der Waals surface area contributed by atoms with Crippen molar-refractivity contribution < 1.29 is 34.2 Å². The second kappa shape index (κ2) is 18.7. The van der Waals surface area contributed by atoms with Crippen molar-refractivity contribution in [2.75, 3.05) is 20.1 Å². The molecule has 0 aliphatic rings. The molecule has 0 aliphatic carbocycles. The van der Waals surface area contributed by atoms with E-state index in [9.17, 15) is 34.2 Å². The number of aromatic hydroxyl groups is 1. The van der Waals surface area contributed by atoms with Gasteiger partial charge in [-0.25, -0.2) is 4.79 Å². The summed E-state index contributed by atoms with van der Waals surface area (Å²) in [7, 11) is 1.38. The average molecular weight is 623 g/mol. The number of likely N-dealkylation sites (N-methyl/N-ethyl adjacent to an activating group) is 1. The van der Waals surface area contributed by atoms with Crippen LogP contribution in [0.2, 0.25) is 0 Å². The molecule has 2 rings (SSSR count). The van der Waals surface area contributed by atoms with Crippen LogP contribution in [-0.2, 0) is 36.8 Å². The smallest absolute Gasteiger partial charge is 0.326 e. The van der Waals surface area contributed by atoms with Gasteiger partial charge in [-0.05, 0) is 55.5 Å². The van der Waals surface area contributed by atoms with Crippen LogP contribution in [0.5, 0.6) is 5.75 Å². The molecule has 0 heterocycles. The van der Waals surface area contributed by atoms with E-state index in [4.69, 9.17) is 17.9 Å². The van der Waals surface area contributed by atoms with Gasteiger partial charge in [-0.2, -0.15) is 0 Å². The van der Waals surface area contributed by atoms with Crippen LogP contribution in [0.1, 0.15) is 36.8 Å². The molecule has 0 unspecified atom stereocenters. The largest absolute Gasteiger partial charge is 0.508 e. The van der Waals surface area contributed by atoms with E-state index in [1.54, 1.807) is 42.5 Å². The Labute approximate surface area is 262 Å². The summed E-state index contributed by atoms with van der Waals surface area (Å²) in [5.41, 5.74) is 12.9. The van der Waals surface area contributed by atoms with E-state index >= 15 is 0 Å². The van der Waals surface area contributed by atoms with Crippen molar-refractivity contribution in [2.24, 2.45) is 11.5 Å². The lowest BCUT2D eigenvalue weighted by atomic mass is 10.0. The zero-order valence-corrected chi connectivity index (χ0v) is 25.3. The average Bonchev–Trinajstić information content (AvgIpc) is 3.02. The SMILES string of the molecule is C#CC[C@@H](NC(=O)[C@@H](N)Cc1ccc(O)cc1)C(=O)NCC(=O)N(C)[C@@H](Cc1ccccc1)C(=O)N[C@H](CCCCN)C(=O)O. The Morgan fingerprint density at radius 3 is 2.11 bits per heavy atom. The van der Waals surface area contributed by atoms with Crippen molar-refractivity contribution in [1.82, 2.24) is 20.9 Å². The van der Waals surface area contributed by atoms with Crippen LogP contribution < -0.4 is 27.4 Å². The molecule has 13 heteroatoms. The second-order valence-electron chi connectivity index (χ2n) is 10.6. The normalized spacial score (nSPS) is 13.3. The fourth-order valence-corrected chi connectivity index (χ4v) is 4.43. The number of carboxylic acids is 1. The molecule has 0 spiro atoms. The standard InChI is InChI=1S/C32H42N6O7/c1-3-9-25(36-29(41)24(34)18-22-13-15-23(39)16-14-22)30(42)35-20-28(40)38(2)27(19-21-10-5-4-6-11-21)31(43)37-26(32(44)45)12-7-8-17-33/h1,4-6,10-11,13-16,24-27,39H,7-9,12,17-20,33-34H2,2H3,(H,35,42)(H,36,41)(H,37,43)(H,44,45)/t24-,25+,26+,27-/m0/s1. The number of carbonyl (C=O) groups is 5. The van der Waals surface area contributed by atoms with Crippen molar-refractivity contribution in [3.05, 3.63) is 65.7 Å². The van der Waals surface area contributed by atoms with Gasteiger partial charge in [0.15, 0.2) is 0 Å². The zero-order chi connectivity index (χ0) is 33.4. The van der Waals surface area contributed by atoms with Crippen LogP contribution in [0.15, 0.2) is 54.6 Å². The molecular formula is C32H42N6O7. The first kappa shape index (κ1) is 36.3. The first-order valence-electron chi connectivity index (χ1n) is 14.5. The Hall–Kier alpha value is -4.93. The summed E-state index contributed by atoms with van der Waals surface area (Å²) < 4.78 is 0. The minimum Gasteiger partial charge on any atom is -0.508 e. The van der Waals surface area contributed by atoms with Gasteiger partial charge < -0.3 is 42.5 Å². The number of nitrogens with one attached hydrogen (secondary N) is 3. The van der Waals surface area contributed by atoms with Crippen LogP contribution in [0, 0.1) is 12.3 Å². The molecule has 2 aromatic carbocycles. The highest BCUT2D eigenvalue weighted by atomic mass is 16.4. The predicted octanol–water partition coefficient (Wildman–Crippen LogP) is -0.346. The highest BCUT2D eigenvalue weighted by Gasteiger charge is 2.31. The molecule has 0 aliphatic heterocycles. The number of carbonyl (C=O) groups excluding carboxylic acids is 4. The maximum absolute atomic E-state index is 13.3. The van der Waals surface area contributed by atoms with E-state index in [0.29, 0.717) is 24.9 Å². The van der Waals surface area contributed by atoms with Gasteiger partial charge in [0.1, 0.15) is 23.9 Å². The van der Waals surface area contributed by atoms with Crippen LogP contribution in [0.3, 0.4) is 0 Å². The Morgan fingerprint density at radius 1 is 0.889 bits per heavy atom. The third-order valence-corrected chi connectivity index (χ3v) is 7.09. The molecule has 0 saturated heterocycles. The fraction of sp³-hybridized carbons (Fsp3) is 0.406. The number of terminal acetylenes is 1. The molecule has 4 atom stereocenters. The van der Waals surface area contributed by atoms with E-state index < -0.39 is 60.3 Å². The van der Waals surface area contributed by atoms with E-state index in [1.165, 1.54) is 19.2 Å². The number of nitrogens with zero attached hydrogens (tertiary/aromatic N) is 1. The van der Waals surface area contributed by atoms with E-state index in [2.05, 4.69) is 21.9 Å². The van der Waals surface area contributed by atoms with E-state index in [1.807, 2.05) is 0 Å². The Bertz CT molecular complexity index is 1330. The lowest BCUT2D eigenvalue weighted by Crippen LogP contribution is -2.56. The van der Waals surface area contributed by atoms with Gasteiger partial charge in [-0.15, -0.1) is 12.3 Å². The highest BCUT2D eigenvalue weighted by molar-refractivity contribution is 5.94. The number of amides is 4. The number of hydrogen-bond acceptors (Lipinski definition) is 8. The molecule has 0 radical (unpaired) electrons. The minimum atomic E-state index is -1.20. The Balaban J connectivity index is 2.08. The van der Waals surface area contributed by atoms with Gasteiger partial charge >= 0.3 is 5.97 Å². The number of nitrogens with two attached hydrogens (primary N) is 2. The summed E-state index contributed by atoms with van der Waals surface area (Å²) in [6, 6.07) is 10.6. The molecule has 9 N–H and O–H groups in total. The van der Waals surface area contributed by atoms with Crippen molar-refractivity contribution in [3.63, 3.8) is 0 Å². The van der Waals surface area contributed by atoms with Crippen LogP contribution in [-0.4, -0.2) is 89.0 Å². The summed E-state index contributed by atoms with van der Waals surface area (Å²) in [4.78, 5) is 65.1. The summed E-state index contributed by atoms with van der Waals surface area (Å²) in [5.74, 6) is -1.48. The molecule has 4 amide bonds. The molecule has 13 nitrogen and oxygen atoms in total.